The van der Waals surface area contributed by atoms with E-state index in [-0.39, 0.29) is 11.9 Å². The van der Waals surface area contributed by atoms with Crippen molar-refractivity contribution < 1.29 is 9.94 Å². The number of hydrogen-bond donors (Lipinski definition) is 3. The van der Waals surface area contributed by atoms with Gasteiger partial charge in [0.05, 0.1) is 13.2 Å². The first-order chi connectivity index (χ1) is 7.24. The number of hydrogen-bond acceptors (Lipinski definition) is 3. The lowest BCUT2D eigenvalue weighted by Gasteiger charge is -2.10. The molecular formula is C11H14N2O2. The second-order valence-electron chi connectivity index (χ2n) is 3.61. The summed E-state index contributed by atoms with van der Waals surface area (Å²) in [6, 6.07) is 5.64. The third-order valence-corrected chi connectivity index (χ3v) is 2.71. The summed E-state index contributed by atoms with van der Waals surface area (Å²) in [6.45, 7) is 0. The Kier molecular flexibility index (Phi) is 2.70. The van der Waals surface area contributed by atoms with Crippen molar-refractivity contribution >= 4 is 5.84 Å². The summed E-state index contributed by atoms with van der Waals surface area (Å²) in [5.41, 5.74) is 5.31. The highest BCUT2D eigenvalue weighted by molar-refractivity contribution is 5.97. The summed E-state index contributed by atoms with van der Waals surface area (Å²) in [6.07, 6.45) is 1.18. The molecule has 0 spiro atoms. The van der Waals surface area contributed by atoms with Crippen LogP contribution in [0.15, 0.2) is 18.2 Å². The average molecular weight is 206 g/mol. The minimum Gasteiger partial charge on any atom is -0.388 e. The molecule has 0 aliphatic heterocycles. The van der Waals surface area contributed by atoms with Crippen molar-refractivity contribution in [3.63, 3.8) is 0 Å². The van der Waals surface area contributed by atoms with E-state index < -0.39 is 0 Å². The molecule has 4 nitrogen and oxygen atoms in total. The van der Waals surface area contributed by atoms with Gasteiger partial charge in [0.25, 0.3) is 0 Å². The van der Waals surface area contributed by atoms with Crippen molar-refractivity contribution in [2.75, 3.05) is 7.11 Å². The first-order valence-corrected chi connectivity index (χ1v) is 4.92. The molecule has 0 radical (unpaired) electrons. The number of rotatable bonds is 2. The molecular weight excluding hydrogens is 192 g/mol. The third kappa shape index (κ3) is 1.73. The summed E-state index contributed by atoms with van der Waals surface area (Å²) < 4.78 is 0. The van der Waals surface area contributed by atoms with Crippen LogP contribution in [0.25, 0.3) is 0 Å². The van der Waals surface area contributed by atoms with Gasteiger partial charge in [-0.3, -0.25) is 10.2 Å². The number of aliphatic hydroxyl groups excluding tert-OH is 1. The van der Waals surface area contributed by atoms with Crippen LogP contribution in [0.4, 0.5) is 0 Å². The highest BCUT2D eigenvalue weighted by Crippen LogP contribution is 2.32. The molecule has 1 atom stereocenters. The summed E-state index contributed by atoms with van der Waals surface area (Å²) in [5.74, 6) is 0.239. The Morgan fingerprint density at radius 3 is 3.13 bits per heavy atom. The van der Waals surface area contributed by atoms with Crippen molar-refractivity contribution in [3.8, 4) is 0 Å². The molecule has 1 aliphatic rings. The SMILES string of the molecule is CONC(=N)c1cccc2c1CC[C@@H]2O. The molecule has 15 heavy (non-hydrogen) atoms. The lowest BCUT2D eigenvalue weighted by atomic mass is 10.0. The largest absolute Gasteiger partial charge is 0.388 e. The third-order valence-electron chi connectivity index (χ3n) is 2.71. The van der Waals surface area contributed by atoms with E-state index >= 15 is 0 Å². The summed E-state index contributed by atoms with van der Waals surface area (Å²) in [5, 5.41) is 17.4. The van der Waals surface area contributed by atoms with Crippen LogP contribution in [-0.2, 0) is 11.3 Å². The Bertz CT molecular complexity index is 390. The predicted octanol–water partition coefficient (Wildman–Crippen LogP) is 1.14. The molecule has 1 aromatic carbocycles. The number of fused-ring (bicyclic) bond motifs is 1. The lowest BCUT2D eigenvalue weighted by Crippen LogP contribution is -2.23. The van der Waals surface area contributed by atoms with Crippen molar-refractivity contribution in [1.82, 2.24) is 5.48 Å². The van der Waals surface area contributed by atoms with E-state index in [0.717, 1.165) is 29.5 Å². The van der Waals surface area contributed by atoms with E-state index in [0.29, 0.717) is 0 Å². The molecule has 2 rings (SSSR count). The van der Waals surface area contributed by atoms with Gasteiger partial charge in [-0.05, 0) is 24.0 Å². The maximum absolute atomic E-state index is 9.70. The fourth-order valence-corrected chi connectivity index (χ4v) is 2.02. The number of amidine groups is 1. The highest BCUT2D eigenvalue weighted by Gasteiger charge is 2.23. The molecule has 1 aliphatic carbocycles. The Morgan fingerprint density at radius 2 is 2.40 bits per heavy atom. The van der Waals surface area contributed by atoms with Crippen LogP contribution < -0.4 is 5.48 Å². The van der Waals surface area contributed by atoms with E-state index in [9.17, 15) is 5.11 Å². The van der Waals surface area contributed by atoms with E-state index in [1.165, 1.54) is 7.11 Å². The molecule has 3 N–H and O–H groups in total. The zero-order chi connectivity index (χ0) is 10.8. The second-order valence-corrected chi connectivity index (χ2v) is 3.61. The molecule has 80 valence electrons. The van der Waals surface area contributed by atoms with Gasteiger partial charge in [0.2, 0.25) is 0 Å². The Balaban J connectivity index is 2.38. The van der Waals surface area contributed by atoms with Crippen LogP contribution in [0.2, 0.25) is 0 Å². The second kappa shape index (κ2) is 4.00. The first kappa shape index (κ1) is 10.1. The molecule has 0 heterocycles. The van der Waals surface area contributed by atoms with Crippen molar-refractivity contribution in [1.29, 1.82) is 5.41 Å². The fraction of sp³-hybridized carbons (Fsp3) is 0.364. The van der Waals surface area contributed by atoms with E-state index in [4.69, 9.17) is 10.2 Å². The molecule has 0 fully saturated rings. The van der Waals surface area contributed by atoms with Crippen LogP contribution in [0, 0.1) is 5.41 Å². The zero-order valence-corrected chi connectivity index (χ0v) is 8.58. The maximum Gasteiger partial charge on any atom is 0.149 e. The molecule has 1 aromatic rings. The summed E-state index contributed by atoms with van der Waals surface area (Å²) in [4.78, 5) is 4.71. The number of aliphatic hydroxyl groups is 1. The van der Waals surface area contributed by atoms with Crippen molar-refractivity contribution in [2.24, 2.45) is 0 Å². The van der Waals surface area contributed by atoms with E-state index in [1.807, 2.05) is 18.2 Å². The van der Waals surface area contributed by atoms with E-state index in [1.54, 1.807) is 0 Å². The molecule has 0 aromatic heterocycles. The molecule has 0 unspecified atom stereocenters. The average Bonchev–Trinajstić information content (AvgIpc) is 2.61. The molecule has 4 heteroatoms. The van der Waals surface area contributed by atoms with Gasteiger partial charge in [-0.15, -0.1) is 0 Å². The van der Waals surface area contributed by atoms with Gasteiger partial charge < -0.3 is 5.11 Å². The highest BCUT2D eigenvalue weighted by atomic mass is 16.6. The summed E-state index contributed by atoms with van der Waals surface area (Å²) >= 11 is 0. The van der Waals surface area contributed by atoms with Gasteiger partial charge in [0.1, 0.15) is 5.84 Å². The number of benzene rings is 1. The van der Waals surface area contributed by atoms with Crippen molar-refractivity contribution in [2.45, 2.75) is 18.9 Å². The maximum atomic E-state index is 9.70. The van der Waals surface area contributed by atoms with E-state index in [2.05, 4.69) is 5.48 Å². The van der Waals surface area contributed by atoms with Crippen LogP contribution in [0.3, 0.4) is 0 Å². The first-order valence-electron chi connectivity index (χ1n) is 4.92. The minimum atomic E-state index is -0.379. The number of nitrogens with one attached hydrogen (secondary N) is 2. The molecule has 0 saturated heterocycles. The van der Waals surface area contributed by atoms with Gasteiger partial charge >= 0.3 is 0 Å². The summed E-state index contributed by atoms with van der Waals surface area (Å²) in [7, 11) is 1.48. The minimum absolute atomic E-state index is 0.239. The molecule has 0 saturated carbocycles. The van der Waals surface area contributed by atoms with Gasteiger partial charge in [-0.1, -0.05) is 18.2 Å². The van der Waals surface area contributed by atoms with Crippen molar-refractivity contribution in [3.05, 3.63) is 34.9 Å². The molecule has 0 bridgehead atoms. The Morgan fingerprint density at radius 1 is 1.60 bits per heavy atom. The topological polar surface area (TPSA) is 65.3 Å². The van der Waals surface area contributed by atoms with Gasteiger partial charge in [-0.2, -0.15) is 0 Å². The van der Waals surface area contributed by atoms with Gasteiger partial charge in [0, 0.05) is 5.56 Å². The zero-order valence-electron chi connectivity index (χ0n) is 8.58. The van der Waals surface area contributed by atoms with Crippen LogP contribution in [0.5, 0.6) is 0 Å². The Hall–Kier alpha value is -1.39. The fourth-order valence-electron chi connectivity index (χ4n) is 2.02. The lowest BCUT2D eigenvalue weighted by molar-refractivity contribution is 0.144. The van der Waals surface area contributed by atoms with Gasteiger partial charge in [-0.25, -0.2) is 5.48 Å². The monoisotopic (exact) mass is 206 g/mol. The molecule has 0 amide bonds. The van der Waals surface area contributed by atoms with Crippen LogP contribution >= 0.6 is 0 Å². The normalized spacial score (nSPS) is 18.7. The standard InChI is InChI=1S/C11H14N2O2/c1-15-13-11(12)9-4-2-3-8-7(9)5-6-10(8)14/h2-4,10,14H,5-6H2,1H3,(H2,12,13)/t10-/m0/s1. The predicted molar refractivity (Wildman–Crippen MR) is 56.7 cm³/mol. The number of hydroxylamine groups is 1. The van der Waals surface area contributed by atoms with Gasteiger partial charge in [0.15, 0.2) is 0 Å². The van der Waals surface area contributed by atoms with Crippen LogP contribution in [-0.4, -0.2) is 18.1 Å². The Labute approximate surface area is 88.3 Å². The quantitative estimate of drug-likeness (QED) is 0.386. The van der Waals surface area contributed by atoms with Crippen LogP contribution in [0.1, 0.15) is 29.2 Å². The smallest absolute Gasteiger partial charge is 0.149 e.